The fourth-order valence-corrected chi connectivity index (χ4v) is 25.0. The van der Waals surface area contributed by atoms with Crippen molar-refractivity contribution < 1.29 is 29.5 Å². The van der Waals surface area contributed by atoms with Crippen LogP contribution >= 0.6 is 0 Å². The highest BCUT2D eigenvalue weighted by Crippen LogP contribution is 2.35. The molecule has 0 radical (unpaired) electrons. The highest BCUT2D eigenvalue weighted by molar-refractivity contribution is 6.93. The number of rotatable bonds is 0. The zero-order chi connectivity index (χ0) is 13.8. The maximum absolute atomic E-state index is 10.2. The Morgan fingerprint density at radius 1 is 0.778 bits per heavy atom. The zero-order valence-corrected chi connectivity index (χ0v) is 16.6. The lowest BCUT2D eigenvalue weighted by molar-refractivity contribution is 0.0689. The Morgan fingerprint density at radius 2 is 1.33 bits per heavy atom. The molecule has 0 aromatic carbocycles. The molecule has 2 rings (SSSR count). The van der Waals surface area contributed by atoms with Gasteiger partial charge in [-0.2, -0.15) is 0 Å². The summed E-state index contributed by atoms with van der Waals surface area (Å²) >= 11 is 0. The number of hydrogen-bond acceptors (Lipinski definition) is 7. The first-order valence-corrected chi connectivity index (χ1v) is 17.4. The van der Waals surface area contributed by atoms with Crippen molar-refractivity contribution in [2.24, 2.45) is 0 Å². The maximum Gasteiger partial charge on any atom is 0.480 e. The second-order valence-corrected chi connectivity index (χ2v) is 19.6. The van der Waals surface area contributed by atoms with E-state index in [0.29, 0.717) is 0 Å². The van der Waals surface area contributed by atoms with Crippen LogP contribution in [0.2, 0.25) is 39.3 Å². The standard InChI is InChI=1S/C6H20O7Si5/c1-14-8-15(2,3)10-18(6)12-16(4,7)11-17(5,9-14)13-18/h7,14H,1-6H3. The second kappa shape index (κ2) is 4.40. The quantitative estimate of drug-likeness (QED) is 0.636. The van der Waals surface area contributed by atoms with Crippen LogP contribution in [0.1, 0.15) is 0 Å². The van der Waals surface area contributed by atoms with Gasteiger partial charge in [-0.3, -0.25) is 0 Å². The smallest absolute Gasteiger partial charge is 0.418 e. The van der Waals surface area contributed by atoms with E-state index in [0.717, 1.165) is 0 Å². The Balaban J connectivity index is 2.34. The third-order valence-corrected chi connectivity index (χ3v) is 21.4. The third-order valence-electron chi connectivity index (χ3n) is 2.38. The van der Waals surface area contributed by atoms with Crippen LogP contribution in [0.4, 0.5) is 0 Å². The van der Waals surface area contributed by atoms with E-state index in [1.54, 1.807) is 19.6 Å². The van der Waals surface area contributed by atoms with E-state index in [4.69, 9.17) is 24.7 Å². The van der Waals surface area contributed by atoms with E-state index in [9.17, 15) is 4.80 Å². The van der Waals surface area contributed by atoms with Gasteiger partial charge in [0.05, 0.1) is 0 Å². The summed E-state index contributed by atoms with van der Waals surface area (Å²) in [5.74, 6) is 0. The van der Waals surface area contributed by atoms with Gasteiger partial charge in [0.2, 0.25) is 0 Å². The second-order valence-electron chi connectivity index (χ2n) is 5.23. The molecule has 7 nitrogen and oxygen atoms in total. The van der Waals surface area contributed by atoms with Gasteiger partial charge >= 0.3 is 44.3 Å². The largest absolute Gasteiger partial charge is 0.480 e. The molecule has 2 aliphatic rings. The van der Waals surface area contributed by atoms with Crippen LogP contribution in [0.15, 0.2) is 0 Å². The van der Waals surface area contributed by atoms with Crippen LogP contribution in [-0.4, -0.2) is 49.1 Å². The molecule has 0 aromatic rings. The Kier molecular flexibility index (Phi) is 3.71. The van der Waals surface area contributed by atoms with Gasteiger partial charge in [0.25, 0.3) is 0 Å². The molecule has 1 N–H and O–H groups in total. The molecular weight excluding hydrogens is 324 g/mol. The Morgan fingerprint density at radius 3 is 1.94 bits per heavy atom. The van der Waals surface area contributed by atoms with E-state index in [1.807, 2.05) is 19.6 Å². The van der Waals surface area contributed by atoms with Gasteiger partial charge in [0, 0.05) is 19.6 Å². The van der Waals surface area contributed by atoms with Crippen molar-refractivity contribution in [3.05, 3.63) is 0 Å². The monoisotopic (exact) mass is 344 g/mol. The van der Waals surface area contributed by atoms with Gasteiger partial charge in [-0.1, -0.05) is 0 Å². The lowest BCUT2D eigenvalue weighted by atomic mass is 11.9. The Hall–Kier alpha value is 0.804. The predicted molar refractivity (Wildman–Crippen MR) is 74.1 cm³/mol. The average molecular weight is 345 g/mol. The number of hydrogen-bond donors (Lipinski definition) is 1. The molecule has 4 atom stereocenters. The van der Waals surface area contributed by atoms with Crippen LogP contribution < -0.4 is 0 Å². The van der Waals surface area contributed by atoms with Crippen molar-refractivity contribution in [2.75, 3.05) is 0 Å². The van der Waals surface area contributed by atoms with E-state index in [1.165, 1.54) is 0 Å². The molecule has 0 aromatic heterocycles. The molecule has 2 aliphatic heterocycles. The number of fused-ring (bicyclic) bond motifs is 2. The molecule has 0 aliphatic carbocycles. The molecule has 12 heteroatoms. The molecule has 106 valence electrons. The van der Waals surface area contributed by atoms with Crippen LogP contribution in [-0.2, 0) is 24.7 Å². The summed E-state index contributed by atoms with van der Waals surface area (Å²) < 4.78 is 34.9. The highest BCUT2D eigenvalue weighted by Gasteiger charge is 2.64. The van der Waals surface area contributed by atoms with Crippen LogP contribution in [0.5, 0.6) is 0 Å². The van der Waals surface area contributed by atoms with Gasteiger partial charge in [-0.25, -0.2) is 0 Å². The summed E-state index contributed by atoms with van der Waals surface area (Å²) in [5, 5.41) is 0. The van der Waals surface area contributed by atoms with Crippen molar-refractivity contribution in [1.82, 2.24) is 0 Å². The molecule has 2 bridgehead atoms. The van der Waals surface area contributed by atoms with Gasteiger partial charge in [-0.05, 0) is 19.6 Å². The Bertz CT molecular complexity index is 347. The summed E-state index contributed by atoms with van der Waals surface area (Å²) in [6.07, 6.45) is 0. The van der Waals surface area contributed by atoms with Crippen LogP contribution in [0, 0.1) is 0 Å². The van der Waals surface area contributed by atoms with Crippen LogP contribution in [0.3, 0.4) is 0 Å². The first-order chi connectivity index (χ1) is 7.93. The van der Waals surface area contributed by atoms with Gasteiger partial charge < -0.3 is 29.5 Å². The normalized spacial score (nSPS) is 52.5. The highest BCUT2D eigenvalue weighted by atomic mass is 28.6. The summed E-state index contributed by atoms with van der Waals surface area (Å²) in [4.78, 5) is 10.2. The van der Waals surface area contributed by atoms with Crippen LogP contribution in [0.25, 0.3) is 0 Å². The van der Waals surface area contributed by atoms with Crippen molar-refractivity contribution in [2.45, 2.75) is 39.3 Å². The van der Waals surface area contributed by atoms with Crippen molar-refractivity contribution in [3.8, 4) is 0 Å². The van der Waals surface area contributed by atoms with Crippen molar-refractivity contribution >= 4 is 44.3 Å². The first kappa shape index (κ1) is 15.2. The predicted octanol–water partition coefficient (Wildman–Crippen LogP) is 0.364. The summed E-state index contributed by atoms with van der Waals surface area (Å²) in [5.41, 5.74) is 0. The molecule has 2 saturated heterocycles. The third kappa shape index (κ3) is 3.47. The average Bonchev–Trinajstić information content (AvgIpc) is 1.88. The summed E-state index contributed by atoms with van der Waals surface area (Å²) in [7, 11) is -13.4. The minimum absolute atomic E-state index is 1.57. The zero-order valence-electron chi connectivity index (χ0n) is 11.5. The SMILES string of the molecule is C[SiH]1O[Si](C)(C)O[Si]2(C)O[Si](C)(O)O[Si](C)(O1)O2. The molecule has 4 unspecified atom stereocenters. The maximum atomic E-state index is 10.2. The molecule has 0 saturated carbocycles. The van der Waals surface area contributed by atoms with Gasteiger partial charge in [0.15, 0.2) is 0 Å². The minimum atomic E-state index is -3.24. The molecule has 0 amide bonds. The summed E-state index contributed by atoms with van der Waals surface area (Å²) in [6, 6.07) is 0. The Labute approximate surface area is 113 Å². The van der Waals surface area contributed by atoms with E-state index < -0.39 is 44.3 Å². The van der Waals surface area contributed by atoms with E-state index in [2.05, 4.69) is 0 Å². The van der Waals surface area contributed by atoms with Crippen molar-refractivity contribution in [3.63, 3.8) is 0 Å². The van der Waals surface area contributed by atoms with Crippen molar-refractivity contribution in [1.29, 1.82) is 0 Å². The molecule has 2 heterocycles. The first-order valence-electron chi connectivity index (χ1n) is 5.81. The topological polar surface area (TPSA) is 75.6 Å². The minimum Gasteiger partial charge on any atom is -0.418 e. The van der Waals surface area contributed by atoms with Gasteiger partial charge in [-0.15, -0.1) is 0 Å². The summed E-state index contributed by atoms with van der Waals surface area (Å²) in [6.45, 7) is 10.9. The van der Waals surface area contributed by atoms with E-state index >= 15 is 0 Å². The molecule has 18 heavy (non-hydrogen) atoms. The fourth-order valence-electron chi connectivity index (χ4n) is 2.37. The molecular formula is C6H20O7Si5. The molecule has 0 spiro atoms. The lowest BCUT2D eigenvalue weighted by Gasteiger charge is -2.50. The molecule has 2 fully saturated rings. The fraction of sp³-hybridized carbons (Fsp3) is 1.00. The lowest BCUT2D eigenvalue weighted by Crippen LogP contribution is -2.74. The van der Waals surface area contributed by atoms with Gasteiger partial charge in [0.1, 0.15) is 0 Å². The van der Waals surface area contributed by atoms with E-state index in [-0.39, 0.29) is 0 Å².